The molecule has 27 heavy (non-hydrogen) atoms. The Morgan fingerprint density at radius 2 is 2.07 bits per heavy atom. The first-order valence-corrected chi connectivity index (χ1v) is 8.82. The van der Waals surface area contributed by atoms with Gasteiger partial charge in [0.15, 0.2) is 5.78 Å². The summed E-state index contributed by atoms with van der Waals surface area (Å²) in [4.78, 5) is 35.8. The van der Waals surface area contributed by atoms with Crippen LogP contribution in [0.5, 0.6) is 5.75 Å². The second-order valence-corrected chi connectivity index (χ2v) is 6.67. The number of methoxy groups -OCH3 is 1. The van der Waals surface area contributed by atoms with Gasteiger partial charge in [-0.2, -0.15) is 0 Å². The number of benzene rings is 1. The van der Waals surface area contributed by atoms with Crippen LogP contribution in [-0.2, 0) is 16.6 Å². The summed E-state index contributed by atoms with van der Waals surface area (Å²) in [6.07, 6.45) is 2.38. The molecule has 1 aliphatic heterocycles. The van der Waals surface area contributed by atoms with E-state index in [9.17, 15) is 14.4 Å². The number of ether oxygens (including phenoxy) is 1. The second-order valence-electron chi connectivity index (χ2n) is 6.67. The number of aryl methyl sites for hydroxylation is 1. The van der Waals surface area contributed by atoms with Crippen LogP contribution in [0.2, 0.25) is 0 Å². The predicted molar refractivity (Wildman–Crippen MR) is 102 cm³/mol. The minimum Gasteiger partial charge on any atom is -0.495 e. The molecule has 1 aliphatic rings. The van der Waals surface area contributed by atoms with Gasteiger partial charge in [-0.1, -0.05) is 6.92 Å². The van der Waals surface area contributed by atoms with Crippen molar-refractivity contribution in [1.82, 2.24) is 4.57 Å². The lowest BCUT2D eigenvalue weighted by atomic mass is 9.87. The molecule has 0 bridgehead atoms. The molecular formula is C20H23N3O4. The maximum atomic E-state index is 12.3. The number of rotatable bonds is 5. The van der Waals surface area contributed by atoms with Gasteiger partial charge in [-0.15, -0.1) is 0 Å². The van der Waals surface area contributed by atoms with E-state index in [0.717, 1.165) is 11.3 Å². The van der Waals surface area contributed by atoms with Gasteiger partial charge >= 0.3 is 0 Å². The van der Waals surface area contributed by atoms with Gasteiger partial charge in [0.25, 0.3) is 0 Å². The van der Waals surface area contributed by atoms with E-state index in [2.05, 4.69) is 10.6 Å². The lowest BCUT2D eigenvalue weighted by Gasteiger charge is -2.27. The molecule has 2 amide bonds. The number of amides is 2. The van der Waals surface area contributed by atoms with E-state index in [1.54, 1.807) is 19.2 Å². The first-order chi connectivity index (χ1) is 12.8. The fourth-order valence-corrected chi connectivity index (χ4v) is 3.38. The molecule has 1 atom stereocenters. The van der Waals surface area contributed by atoms with Crippen LogP contribution in [0.3, 0.4) is 0 Å². The van der Waals surface area contributed by atoms with Crippen LogP contribution in [0, 0.1) is 0 Å². The molecule has 2 heterocycles. The second kappa shape index (κ2) is 7.26. The maximum Gasteiger partial charge on any atom is 0.225 e. The molecule has 7 nitrogen and oxygen atoms in total. The summed E-state index contributed by atoms with van der Waals surface area (Å²) < 4.78 is 7.33. The van der Waals surface area contributed by atoms with Crippen molar-refractivity contribution in [2.45, 2.75) is 32.6 Å². The zero-order valence-corrected chi connectivity index (χ0v) is 15.9. The average molecular weight is 369 g/mol. The van der Waals surface area contributed by atoms with Crippen LogP contribution in [0.1, 0.15) is 54.2 Å². The molecule has 1 unspecified atom stereocenters. The Bertz CT molecular complexity index is 930. The predicted octanol–water partition coefficient (Wildman–Crippen LogP) is 3.06. The molecule has 2 aromatic rings. The highest BCUT2D eigenvalue weighted by Gasteiger charge is 2.30. The Hall–Kier alpha value is -3.09. The van der Waals surface area contributed by atoms with Crippen molar-refractivity contribution in [3.63, 3.8) is 0 Å². The van der Waals surface area contributed by atoms with Gasteiger partial charge in [0.05, 0.1) is 12.8 Å². The minimum atomic E-state index is -0.211. The van der Waals surface area contributed by atoms with Gasteiger partial charge in [0.2, 0.25) is 11.8 Å². The van der Waals surface area contributed by atoms with Crippen molar-refractivity contribution in [2.24, 2.45) is 7.05 Å². The number of nitrogens with one attached hydrogen (secondary N) is 2. The molecule has 0 spiro atoms. The summed E-state index contributed by atoms with van der Waals surface area (Å²) in [5.74, 6) is 0.0402. The Labute approximate surface area is 157 Å². The number of carbonyl (C=O) groups is 3. The van der Waals surface area contributed by atoms with Crippen molar-refractivity contribution < 1.29 is 19.1 Å². The number of anilines is 2. The fourth-order valence-electron chi connectivity index (χ4n) is 3.38. The molecule has 0 fully saturated rings. The Kier molecular flexibility index (Phi) is 5.03. The molecule has 0 saturated carbocycles. The molecule has 3 rings (SSSR count). The number of ketones is 1. The third-order valence-corrected chi connectivity index (χ3v) is 4.81. The van der Waals surface area contributed by atoms with E-state index in [1.165, 1.54) is 14.0 Å². The van der Waals surface area contributed by atoms with Gasteiger partial charge < -0.3 is 19.9 Å². The molecule has 7 heteroatoms. The van der Waals surface area contributed by atoms with Gasteiger partial charge in [0, 0.05) is 48.9 Å². The zero-order valence-electron chi connectivity index (χ0n) is 15.9. The number of aromatic nitrogens is 1. The topological polar surface area (TPSA) is 89.4 Å². The van der Waals surface area contributed by atoms with Crippen LogP contribution in [0.4, 0.5) is 11.4 Å². The fraction of sp³-hybridized carbons (Fsp3) is 0.350. The largest absolute Gasteiger partial charge is 0.495 e. The SMILES string of the molecule is CCC(=O)Nc1cc2c(cc1OC)C(c1cc(C(C)=O)cn1C)CC(=O)N2. The lowest BCUT2D eigenvalue weighted by molar-refractivity contribution is -0.117. The van der Waals surface area contributed by atoms with Crippen LogP contribution in [0.25, 0.3) is 0 Å². The summed E-state index contributed by atoms with van der Waals surface area (Å²) in [6.45, 7) is 3.28. The summed E-state index contributed by atoms with van der Waals surface area (Å²) in [5, 5.41) is 5.67. The first kappa shape index (κ1) is 18.7. The van der Waals surface area contributed by atoms with E-state index in [4.69, 9.17) is 4.74 Å². The maximum absolute atomic E-state index is 12.3. The van der Waals surface area contributed by atoms with Crippen molar-refractivity contribution in [2.75, 3.05) is 17.7 Å². The molecular weight excluding hydrogens is 346 g/mol. The third-order valence-electron chi connectivity index (χ3n) is 4.81. The smallest absolute Gasteiger partial charge is 0.225 e. The molecule has 0 aliphatic carbocycles. The molecule has 0 saturated heterocycles. The number of carbonyl (C=O) groups excluding carboxylic acids is 3. The summed E-state index contributed by atoms with van der Waals surface area (Å²) in [5.41, 5.74) is 3.52. The van der Waals surface area contributed by atoms with E-state index < -0.39 is 0 Å². The highest BCUT2D eigenvalue weighted by atomic mass is 16.5. The lowest BCUT2D eigenvalue weighted by Crippen LogP contribution is -2.25. The number of hydrogen-bond acceptors (Lipinski definition) is 4. The summed E-state index contributed by atoms with van der Waals surface area (Å²) >= 11 is 0. The van der Waals surface area contributed by atoms with E-state index in [1.807, 2.05) is 23.7 Å². The highest BCUT2D eigenvalue weighted by Crippen LogP contribution is 2.42. The zero-order chi connectivity index (χ0) is 19.7. The monoisotopic (exact) mass is 369 g/mol. The molecule has 142 valence electrons. The first-order valence-electron chi connectivity index (χ1n) is 8.82. The Balaban J connectivity index is 2.10. The highest BCUT2D eigenvalue weighted by molar-refractivity contribution is 5.99. The Morgan fingerprint density at radius 3 is 2.67 bits per heavy atom. The van der Waals surface area contributed by atoms with E-state index in [0.29, 0.717) is 29.1 Å². The van der Waals surface area contributed by atoms with Crippen molar-refractivity contribution >= 4 is 29.0 Å². The van der Waals surface area contributed by atoms with Crippen molar-refractivity contribution in [1.29, 1.82) is 0 Å². The standard InChI is InChI=1S/C20H23N3O4/c1-5-19(25)22-16-9-15-13(7-18(16)27-4)14(8-20(26)21-15)17-6-12(11(2)24)10-23(17)3/h6-7,9-10,14H,5,8H2,1-4H3,(H,21,26)(H,22,25). The van der Waals surface area contributed by atoms with Crippen LogP contribution in [-0.4, -0.2) is 29.3 Å². The van der Waals surface area contributed by atoms with Crippen LogP contribution < -0.4 is 15.4 Å². The number of fused-ring (bicyclic) bond motifs is 1. The van der Waals surface area contributed by atoms with Crippen LogP contribution in [0.15, 0.2) is 24.4 Å². The minimum absolute atomic E-state index is 0.0208. The summed E-state index contributed by atoms with van der Waals surface area (Å²) in [7, 11) is 3.40. The molecule has 2 N–H and O–H groups in total. The van der Waals surface area contributed by atoms with Gasteiger partial charge in [-0.25, -0.2) is 0 Å². The van der Waals surface area contributed by atoms with Gasteiger partial charge in [0.1, 0.15) is 5.75 Å². The molecule has 1 aromatic carbocycles. The van der Waals surface area contributed by atoms with Crippen molar-refractivity contribution in [3.05, 3.63) is 41.2 Å². The summed E-state index contributed by atoms with van der Waals surface area (Å²) in [6, 6.07) is 5.39. The molecule has 0 radical (unpaired) electrons. The number of hydrogen-bond donors (Lipinski definition) is 2. The normalized spacial score (nSPS) is 15.7. The van der Waals surface area contributed by atoms with Crippen molar-refractivity contribution in [3.8, 4) is 5.75 Å². The average Bonchev–Trinajstić information content (AvgIpc) is 3.02. The van der Waals surface area contributed by atoms with E-state index >= 15 is 0 Å². The number of Topliss-reactive ketones (excluding diaryl/α,β-unsaturated/α-hetero) is 1. The third kappa shape index (κ3) is 3.58. The molecule has 1 aromatic heterocycles. The number of nitrogens with zero attached hydrogens (tertiary/aromatic N) is 1. The van der Waals surface area contributed by atoms with Crippen LogP contribution >= 0.6 is 0 Å². The quantitative estimate of drug-likeness (QED) is 0.793. The van der Waals surface area contributed by atoms with E-state index in [-0.39, 0.29) is 29.9 Å². The van der Waals surface area contributed by atoms with Gasteiger partial charge in [-0.3, -0.25) is 14.4 Å². The Morgan fingerprint density at radius 1 is 1.33 bits per heavy atom. The van der Waals surface area contributed by atoms with Gasteiger partial charge in [-0.05, 0) is 30.7 Å².